The number of nitriles is 2. The average molecular weight is 1650 g/mol. The van der Waals surface area contributed by atoms with E-state index in [2.05, 4.69) is 411 Å². The van der Waals surface area contributed by atoms with Crippen molar-refractivity contribution in [3.8, 4) is 45.5 Å². The standard InChI is InChI=1S/C58H52N4Si2.C52H48N4Si2/c1-60-50-24-32-54(33-25-50)62(56-36-40-58(41-37-56)64(5,6)7)53-30-22-49(23-31-53)47-18-12-44(13-19-47)9-8-43-10-16-46(17-11-43)48-20-28-52(29-21-48)61(51-26-14-45(42-59)15-27-51)55-34-38-57(39-35-55)63(2,3)4;1-54-44-20-28-48(29-21-44)56(50-32-36-52(37-33-50)58(5,6)7)45-22-12-40(13-23-45)9-8-39-10-16-42(17-11-39)43-18-26-47(27-19-43)55(46-24-14-41(38-53)15-25-46)49-30-34-51(35-31-49)57(2,3)4/h8-41H,2-7H3;8-37H,2-7H3/b2*9-8+. The van der Waals surface area contributed by atoms with Gasteiger partial charge in [0.15, 0.2) is 11.4 Å². The second-order valence-corrected chi connectivity index (χ2v) is 55.2. The van der Waals surface area contributed by atoms with Crippen LogP contribution in [0.4, 0.5) is 79.6 Å². The summed E-state index contributed by atoms with van der Waals surface area (Å²) in [6.45, 7) is 43.2. The van der Waals surface area contributed by atoms with Crippen molar-refractivity contribution in [1.82, 2.24) is 0 Å². The van der Waals surface area contributed by atoms with Gasteiger partial charge in [0, 0.05) is 68.2 Å². The van der Waals surface area contributed by atoms with E-state index in [4.69, 9.17) is 13.1 Å². The summed E-state index contributed by atoms with van der Waals surface area (Å²) in [4.78, 5) is 16.2. The predicted molar refractivity (Wildman–Crippen MR) is 533 cm³/mol. The van der Waals surface area contributed by atoms with Gasteiger partial charge in [-0.25, -0.2) is 9.69 Å². The molecular formula is C110H100N8Si4. The topological polar surface area (TPSA) is 69.3 Å². The maximum atomic E-state index is 9.42. The Labute approximate surface area is 726 Å². The normalized spacial score (nSPS) is 11.5. The molecule has 0 bridgehead atoms. The Morgan fingerprint density at radius 3 is 0.508 bits per heavy atom. The molecule has 0 radical (unpaired) electrons. The maximum Gasteiger partial charge on any atom is 0.187 e. The minimum Gasteiger partial charge on any atom is -0.311 e. The Bertz CT molecular complexity index is 6110. The summed E-state index contributed by atoms with van der Waals surface area (Å²) in [5, 5.41) is 24.5. The lowest BCUT2D eigenvalue weighted by Gasteiger charge is -2.27. The van der Waals surface area contributed by atoms with Crippen molar-refractivity contribution in [2.45, 2.75) is 78.6 Å². The van der Waals surface area contributed by atoms with Gasteiger partial charge in [-0.3, -0.25) is 0 Å². The first-order valence-corrected chi connectivity index (χ1v) is 55.4. The van der Waals surface area contributed by atoms with E-state index in [-0.39, 0.29) is 0 Å². The third kappa shape index (κ3) is 20.6. The molecule has 0 fully saturated rings. The summed E-state index contributed by atoms with van der Waals surface area (Å²) in [6, 6.07) is 132. The predicted octanol–water partition coefficient (Wildman–Crippen LogP) is 29.6. The van der Waals surface area contributed by atoms with E-state index in [0.29, 0.717) is 22.5 Å². The Morgan fingerprint density at radius 1 is 0.205 bits per heavy atom. The van der Waals surface area contributed by atoms with E-state index in [1.54, 1.807) is 0 Å². The van der Waals surface area contributed by atoms with Crippen molar-refractivity contribution in [2.24, 2.45) is 0 Å². The van der Waals surface area contributed by atoms with Gasteiger partial charge >= 0.3 is 0 Å². The van der Waals surface area contributed by atoms with Gasteiger partial charge in [-0.15, -0.1) is 0 Å². The first kappa shape index (κ1) is 84.3. The fourth-order valence-corrected chi connectivity index (χ4v) is 19.5. The van der Waals surface area contributed by atoms with Crippen LogP contribution >= 0.6 is 0 Å². The molecule has 15 rings (SSSR count). The van der Waals surface area contributed by atoms with Crippen molar-refractivity contribution in [3.05, 3.63) is 420 Å². The van der Waals surface area contributed by atoms with Crippen LogP contribution in [0.5, 0.6) is 0 Å². The van der Waals surface area contributed by atoms with Gasteiger partial charge in [0.2, 0.25) is 0 Å². The molecule has 0 heterocycles. The highest BCUT2D eigenvalue weighted by molar-refractivity contribution is 6.90. The molecule has 596 valence electrons. The van der Waals surface area contributed by atoms with Crippen molar-refractivity contribution in [2.75, 3.05) is 19.6 Å². The molecule has 0 aromatic heterocycles. The van der Waals surface area contributed by atoms with E-state index < -0.39 is 32.3 Å². The van der Waals surface area contributed by atoms with E-state index in [9.17, 15) is 10.5 Å². The molecule has 15 aromatic rings. The van der Waals surface area contributed by atoms with Crippen LogP contribution in [-0.4, -0.2) is 32.3 Å². The summed E-state index contributed by atoms with van der Waals surface area (Å²) in [7, 11) is -5.74. The van der Waals surface area contributed by atoms with Gasteiger partial charge in [-0.05, 0) is 225 Å². The van der Waals surface area contributed by atoms with Gasteiger partial charge in [0.1, 0.15) is 0 Å². The zero-order valence-corrected chi connectivity index (χ0v) is 75.5. The van der Waals surface area contributed by atoms with Crippen molar-refractivity contribution >= 4 is 157 Å². The highest BCUT2D eigenvalue weighted by Gasteiger charge is 2.24. The fraction of sp³-hybridized carbons (Fsp3) is 0.109. The fourth-order valence-electron chi connectivity index (χ4n) is 14.8. The Kier molecular flexibility index (Phi) is 25.5. The van der Waals surface area contributed by atoms with Crippen LogP contribution in [0.1, 0.15) is 33.4 Å². The zero-order valence-electron chi connectivity index (χ0n) is 71.5. The Balaban J connectivity index is 0.000000200. The molecular weight excluding hydrogens is 1550 g/mol. The molecule has 0 spiro atoms. The molecule has 0 amide bonds. The van der Waals surface area contributed by atoms with Gasteiger partial charge in [0.25, 0.3) is 0 Å². The Morgan fingerprint density at radius 2 is 0.344 bits per heavy atom. The molecule has 0 unspecified atom stereocenters. The van der Waals surface area contributed by atoms with Crippen molar-refractivity contribution in [3.63, 3.8) is 0 Å². The molecule has 0 aliphatic carbocycles. The van der Waals surface area contributed by atoms with Gasteiger partial charge in [-0.2, -0.15) is 10.5 Å². The highest BCUT2D eigenvalue weighted by Crippen LogP contribution is 2.42. The molecule has 0 saturated heterocycles. The van der Waals surface area contributed by atoms with Crippen LogP contribution in [0, 0.1) is 35.8 Å². The lowest BCUT2D eigenvalue weighted by atomic mass is 10.0. The Hall–Kier alpha value is -14.2. The lowest BCUT2D eigenvalue weighted by Crippen LogP contribution is -2.37. The van der Waals surface area contributed by atoms with Crippen LogP contribution in [0.2, 0.25) is 78.6 Å². The number of hydrogen-bond acceptors (Lipinski definition) is 6. The minimum absolute atomic E-state index is 0.631. The summed E-state index contributed by atoms with van der Waals surface area (Å²) in [5.41, 5.74) is 26.6. The van der Waals surface area contributed by atoms with E-state index in [1.165, 1.54) is 20.7 Å². The van der Waals surface area contributed by atoms with Crippen LogP contribution in [0.3, 0.4) is 0 Å². The van der Waals surface area contributed by atoms with Gasteiger partial charge in [0.05, 0.1) is 68.7 Å². The minimum atomic E-state index is -1.44. The summed E-state index contributed by atoms with van der Waals surface area (Å²) in [6.07, 6.45) is 8.63. The maximum absolute atomic E-state index is 9.42. The number of hydrogen-bond donors (Lipinski definition) is 0. The first-order chi connectivity index (χ1) is 58.7. The monoisotopic (exact) mass is 1640 g/mol. The molecule has 15 aromatic carbocycles. The summed E-state index contributed by atoms with van der Waals surface area (Å²) >= 11 is 0. The summed E-state index contributed by atoms with van der Waals surface area (Å²) in [5.74, 6) is 0. The lowest BCUT2D eigenvalue weighted by molar-refractivity contribution is 1.28. The van der Waals surface area contributed by atoms with Gasteiger partial charge in [-0.1, -0.05) is 318 Å². The van der Waals surface area contributed by atoms with E-state index in [1.807, 2.05) is 97.1 Å². The molecule has 12 heteroatoms. The molecule has 8 nitrogen and oxygen atoms in total. The van der Waals surface area contributed by atoms with Crippen LogP contribution in [-0.2, 0) is 0 Å². The van der Waals surface area contributed by atoms with Crippen molar-refractivity contribution in [1.29, 1.82) is 10.5 Å². The van der Waals surface area contributed by atoms with Crippen LogP contribution in [0.15, 0.2) is 364 Å². The van der Waals surface area contributed by atoms with E-state index >= 15 is 0 Å². The smallest absolute Gasteiger partial charge is 0.187 e. The SMILES string of the molecule is [C-]#[N+]c1ccc(N(c2ccc(-c3ccc(/C=C/c4ccc(-c5ccc(N(c6ccc(C#N)cc6)c6ccc([Si](C)(C)C)cc6)cc5)cc4)cc3)cc2)c2ccc([Si](C)(C)C)cc2)cc1.[C-]#[N+]c1ccc(N(c2ccc(/C=C/c3ccc(-c4ccc(N(c5ccc(C#N)cc5)c5ccc([Si](C)(C)C)cc5)cc4)cc3)cc2)c2ccc([Si](C)(C)C)cc2)cc1. The van der Waals surface area contributed by atoms with Crippen LogP contribution in [0.25, 0.3) is 67.4 Å². The molecule has 0 saturated carbocycles. The second-order valence-electron chi connectivity index (χ2n) is 34.9. The highest BCUT2D eigenvalue weighted by atomic mass is 28.3. The summed E-state index contributed by atoms with van der Waals surface area (Å²) < 4.78 is 0. The number of benzene rings is 15. The average Bonchev–Trinajstić information content (AvgIpc) is 0.803. The third-order valence-corrected chi connectivity index (χ3v) is 30.4. The number of anilines is 12. The molecule has 0 aliphatic heterocycles. The van der Waals surface area contributed by atoms with Crippen LogP contribution < -0.4 is 40.3 Å². The number of nitrogens with zero attached hydrogens (tertiary/aromatic N) is 8. The zero-order chi connectivity index (χ0) is 85.7. The molecule has 0 atom stereocenters. The molecule has 0 aliphatic rings. The van der Waals surface area contributed by atoms with Crippen molar-refractivity contribution < 1.29 is 0 Å². The molecule has 122 heavy (non-hydrogen) atoms. The molecule has 0 N–H and O–H groups in total. The van der Waals surface area contributed by atoms with Gasteiger partial charge < -0.3 is 19.6 Å². The third-order valence-electron chi connectivity index (χ3n) is 22.1. The largest absolute Gasteiger partial charge is 0.311 e. The second kappa shape index (κ2) is 37.0. The first-order valence-electron chi connectivity index (χ1n) is 41.4. The van der Waals surface area contributed by atoms with E-state index in [0.717, 1.165) is 124 Å². The quantitative estimate of drug-likeness (QED) is 0.0361. The number of rotatable bonds is 23.